The van der Waals surface area contributed by atoms with Crippen LogP contribution >= 0.6 is 15.9 Å². The minimum atomic E-state index is -0.478. The molecule has 0 fully saturated rings. The molecule has 1 unspecified atom stereocenters. The lowest BCUT2D eigenvalue weighted by molar-refractivity contribution is -0.109. The molecule has 2 aromatic carbocycles. The second-order valence-corrected chi connectivity index (χ2v) is 5.86. The van der Waals surface area contributed by atoms with Gasteiger partial charge in [0, 0.05) is 4.47 Å². The second kappa shape index (κ2) is 6.42. The molecule has 0 saturated carbocycles. The highest BCUT2D eigenvalue weighted by atomic mass is 79.9. The first-order valence-electron chi connectivity index (χ1n) is 7.00. The number of aldehydes is 1. The molecule has 0 aliphatic carbocycles. The lowest BCUT2D eigenvalue weighted by atomic mass is 10.1. The van der Waals surface area contributed by atoms with E-state index in [1.54, 1.807) is 18.2 Å². The number of hydrogen-bond donors (Lipinski definition) is 0. The van der Waals surface area contributed by atoms with Gasteiger partial charge in [-0.15, -0.1) is 0 Å². The summed E-state index contributed by atoms with van der Waals surface area (Å²) in [5, 5.41) is 0. The Morgan fingerprint density at radius 1 is 1.30 bits per heavy atom. The fourth-order valence-corrected chi connectivity index (χ4v) is 3.03. The van der Waals surface area contributed by atoms with Crippen molar-refractivity contribution in [1.29, 1.82) is 0 Å². The first kappa shape index (κ1) is 15.6. The van der Waals surface area contributed by atoms with E-state index >= 15 is 0 Å². The van der Waals surface area contributed by atoms with E-state index in [-0.39, 0.29) is 6.61 Å². The van der Waals surface area contributed by atoms with Crippen molar-refractivity contribution in [3.05, 3.63) is 52.5 Å². The molecule has 1 aliphatic rings. The van der Waals surface area contributed by atoms with E-state index in [2.05, 4.69) is 15.9 Å². The molecule has 0 radical (unpaired) electrons. The average Bonchev–Trinajstić information content (AvgIpc) is 2.60. The number of carbonyl (C=O) groups is 2. The average molecular weight is 376 g/mol. The maximum atomic E-state index is 11.8. The van der Waals surface area contributed by atoms with Crippen molar-refractivity contribution >= 4 is 39.6 Å². The monoisotopic (exact) mass is 375 g/mol. The Hall–Kier alpha value is -2.34. The summed E-state index contributed by atoms with van der Waals surface area (Å²) < 4.78 is 11.3. The summed E-state index contributed by atoms with van der Waals surface area (Å²) >= 11 is 3.51. The molecular weight excluding hydrogens is 362 g/mol. The predicted molar refractivity (Wildman–Crippen MR) is 89.4 cm³/mol. The van der Waals surface area contributed by atoms with Crippen LogP contribution in [0.1, 0.15) is 10.4 Å². The SMILES string of the molecule is COC(=O)c1ccc2c(c1)N(c1ccccc1Br)C(C=O)CO2. The zero-order chi connectivity index (χ0) is 16.4. The number of para-hydroxylation sites is 1. The summed E-state index contributed by atoms with van der Waals surface area (Å²) in [4.78, 5) is 25.2. The van der Waals surface area contributed by atoms with E-state index in [9.17, 15) is 9.59 Å². The fraction of sp³-hybridized carbons (Fsp3) is 0.176. The van der Waals surface area contributed by atoms with Gasteiger partial charge < -0.3 is 19.2 Å². The summed E-state index contributed by atoms with van der Waals surface area (Å²) in [7, 11) is 1.33. The number of methoxy groups -OCH3 is 1. The summed E-state index contributed by atoms with van der Waals surface area (Å²) in [6, 6.07) is 12.1. The van der Waals surface area contributed by atoms with Gasteiger partial charge in [0.2, 0.25) is 0 Å². The zero-order valence-corrected chi connectivity index (χ0v) is 13.9. The van der Waals surface area contributed by atoms with Crippen molar-refractivity contribution in [3.63, 3.8) is 0 Å². The van der Waals surface area contributed by atoms with Crippen molar-refractivity contribution in [2.45, 2.75) is 6.04 Å². The molecule has 1 atom stereocenters. The normalized spacial score (nSPS) is 16.3. The Balaban J connectivity index is 2.16. The molecule has 0 bridgehead atoms. The Morgan fingerprint density at radius 3 is 2.78 bits per heavy atom. The number of halogens is 1. The van der Waals surface area contributed by atoms with Gasteiger partial charge >= 0.3 is 5.97 Å². The highest BCUT2D eigenvalue weighted by Crippen LogP contribution is 2.41. The molecule has 5 nitrogen and oxygen atoms in total. The van der Waals surface area contributed by atoms with Gasteiger partial charge in [-0.25, -0.2) is 4.79 Å². The van der Waals surface area contributed by atoms with E-state index in [0.717, 1.165) is 16.4 Å². The minimum absolute atomic E-state index is 0.245. The molecule has 6 heteroatoms. The lowest BCUT2D eigenvalue weighted by Crippen LogP contribution is -2.41. The molecular formula is C17H14BrNO4. The highest BCUT2D eigenvalue weighted by Gasteiger charge is 2.30. The van der Waals surface area contributed by atoms with Crippen LogP contribution in [0.4, 0.5) is 11.4 Å². The summed E-state index contributed by atoms with van der Waals surface area (Å²) in [6.45, 7) is 0.245. The number of carbonyl (C=O) groups excluding carboxylic acids is 2. The predicted octanol–water partition coefficient (Wildman–Crippen LogP) is 3.33. The topological polar surface area (TPSA) is 55.8 Å². The molecule has 1 heterocycles. The molecule has 3 rings (SSSR count). The number of nitrogens with zero attached hydrogens (tertiary/aromatic N) is 1. The van der Waals surface area contributed by atoms with Gasteiger partial charge in [-0.3, -0.25) is 0 Å². The van der Waals surface area contributed by atoms with Crippen LogP contribution in [0.2, 0.25) is 0 Å². The van der Waals surface area contributed by atoms with E-state index in [4.69, 9.17) is 9.47 Å². The van der Waals surface area contributed by atoms with E-state index in [1.165, 1.54) is 7.11 Å². The molecule has 2 aromatic rings. The van der Waals surface area contributed by atoms with Gasteiger partial charge in [0.25, 0.3) is 0 Å². The van der Waals surface area contributed by atoms with E-state index in [0.29, 0.717) is 17.0 Å². The minimum Gasteiger partial charge on any atom is -0.489 e. The molecule has 1 aliphatic heterocycles. The fourth-order valence-electron chi connectivity index (χ4n) is 2.56. The van der Waals surface area contributed by atoms with Crippen LogP contribution in [0.3, 0.4) is 0 Å². The van der Waals surface area contributed by atoms with Crippen molar-refractivity contribution in [1.82, 2.24) is 0 Å². The van der Waals surface area contributed by atoms with Gasteiger partial charge in [-0.2, -0.15) is 0 Å². The molecule has 0 saturated heterocycles. The van der Waals surface area contributed by atoms with Gasteiger partial charge in [0.05, 0.1) is 24.0 Å². The Labute approximate surface area is 141 Å². The number of anilines is 2. The van der Waals surface area contributed by atoms with Crippen molar-refractivity contribution in [2.24, 2.45) is 0 Å². The van der Waals surface area contributed by atoms with Crippen molar-refractivity contribution < 1.29 is 19.1 Å². The molecule has 118 valence electrons. The number of ether oxygens (including phenoxy) is 2. The first-order chi connectivity index (χ1) is 11.2. The number of fused-ring (bicyclic) bond motifs is 1. The maximum Gasteiger partial charge on any atom is 0.337 e. The Kier molecular flexibility index (Phi) is 4.34. The first-order valence-corrected chi connectivity index (χ1v) is 7.79. The second-order valence-electron chi connectivity index (χ2n) is 5.01. The van der Waals surface area contributed by atoms with Crippen LogP contribution in [0.5, 0.6) is 5.75 Å². The van der Waals surface area contributed by atoms with Crippen LogP contribution in [0, 0.1) is 0 Å². The van der Waals surface area contributed by atoms with Crippen molar-refractivity contribution in [3.8, 4) is 5.75 Å². The van der Waals surface area contributed by atoms with Gasteiger partial charge in [-0.1, -0.05) is 12.1 Å². The molecule has 0 amide bonds. The number of benzene rings is 2. The number of rotatable bonds is 3. The molecule has 0 aromatic heterocycles. The highest BCUT2D eigenvalue weighted by molar-refractivity contribution is 9.10. The van der Waals surface area contributed by atoms with Crippen LogP contribution in [0.25, 0.3) is 0 Å². The summed E-state index contributed by atoms with van der Waals surface area (Å²) in [5.74, 6) is 0.180. The third-order valence-electron chi connectivity index (χ3n) is 3.65. The van der Waals surface area contributed by atoms with Crippen LogP contribution in [-0.2, 0) is 9.53 Å². The Bertz CT molecular complexity index is 762. The van der Waals surface area contributed by atoms with E-state index in [1.807, 2.05) is 29.2 Å². The van der Waals surface area contributed by atoms with Crippen molar-refractivity contribution in [2.75, 3.05) is 18.6 Å². The lowest BCUT2D eigenvalue weighted by Gasteiger charge is -2.36. The Morgan fingerprint density at radius 2 is 2.09 bits per heavy atom. The van der Waals surface area contributed by atoms with Crippen LogP contribution < -0.4 is 9.64 Å². The third kappa shape index (κ3) is 2.82. The molecule has 0 spiro atoms. The van der Waals surface area contributed by atoms with Crippen LogP contribution in [-0.4, -0.2) is 32.0 Å². The van der Waals surface area contributed by atoms with Gasteiger partial charge in [0.15, 0.2) is 0 Å². The molecule has 23 heavy (non-hydrogen) atoms. The maximum absolute atomic E-state index is 11.8. The number of esters is 1. The number of hydrogen-bond acceptors (Lipinski definition) is 5. The van der Waals surface area contributed by atoms with E-state index < -0.39 is 12.0 Å². The summed E-state index contributed by atoms with van der Waals surface area (Å²) in [6.07, 6.45) is 0.840. The molecule has 0 N–H and O–H groups in total. The third-order valence-corrected chi connectivity index (χ3v) is 4.32. The smallest absolute Gasteiger partial charge is 0.337 e. The quantitative estimate of drug-likeness (QED) is 0.608. The summed E-state index contributed by atoms with van der Waals surface area (Å²) in [5.41, 5.74) is 1.89. The zero-order valence-electron chi connectivity index (χ0n) is 12.4. The van der Waals surface area contributed by atoms with Gasteiger partial charge in [-0.05, 0) is 46.3 Å². The largest absolute Gasteiger partial charge is 0.489 e. The standard InChI is InChI=1S/C17H14BrNO4/c1-22-17(21)11-6-7-16-15(8-11)19(12(9-20)10-23-16)14-5-3-2-4-13(14)18/h2-9,12H,10H2,1H3. The van der Waals surface area contributed by atoms with Gasteiger partial charge in [0.1, 0.15) is 24.7 Å². The van der Waals surface area contributed by atoms with Crippen LogP contribution in [0.15, 0.2) is 46.9 Å².